The number of pyridine rings is 1. The van der Waals surface area contributed by atoms with Gasteiger partial charge in [-0.25, -0.2) is 4.98 Å². The highest BCUT2D eigenvalue weighted by atomic mass is 16.5. The normalized spacial score (nSPS) is 12.8. The monoisotopic (exact) mass is 422 g/mol. The van der Waals surface area contributed by atoms with Crippen LogP contribution in [0.25, 0.3) is 22.4 Å². The summed E-state index contributed by atoms with van der Waals surface area (Å²) in [5, 5.41) is 7.78. The maximum Gasteiger partial charge on any atom is 0.128 e. The highest BCUT2D eigenvalue weighted by Gasteiger charge is 2.15. The zero-order chi connectivity index (χ0) is 22.5. The fourth-order valence-corrected chi connectivity index (χ4v) is 3.64. The third-order valence-electron chi connectivity index (χ3n) is 5.19. The predicted molar refractivity (Wildman–Crippen MR) is 131 cm³/mol. The standard InChI is InChI=1S/C27H26N4O/c1-18-7-6-8-20(15-18)25-16-23(24(17-26(28)29)27(30)31-25)19-11-13-22(14-12-19)32-21-9-4-2-3-5-10-21/h2,4-16H,3,17H2,1H3,(H3,28,29)(H2,30,31). The van der Waals surface area contributed by atoms with E-state index in [1.165, 1.54) is 0 Å². The molecule has 0 atom stereocenters. The molecular formula is C27H26N4O. The third-order valence-corrected chi connectivity index (χ3v) is 5.19. The Kier molecular flexibility index (Phi) is 6.17. The first-order valence-electron chi connectivity index (χ1n) is 10.5. The third kappa shape index (κ3) is 4.95. The fraction of sp³-hybridized carbons (Fsp3) is 0.111. The second-order valence-electron chi connectivity index (χ2n) is 7.75. The van der Waals surface area contributed by atoms with Crippen LogP contribution in [0.1, 0.15) is 17.5 Å². The van der Waals surface area contributed by atoms with Crippen LogP contribution in [0, 0.1) is 12.3 Å². The minimum Gasteiger partial charge on any atom is -0.457 e. The number of ether oxygens (including phenoxy) is 1. The van der Waals surface area contributed by atoms with Gasteiger partial charge in [0, 0.05) is 17.5 Å². The number of aryl methyl sites for hydroxylation is 1. The maximum absolute atomic E-state index is 7.78. The number of anilines is 1. The molecule has 1 aliphatic carbocycles. The fourth-order valence-electron chi connectivity index (χ4n) is 3.64. The number of nitrogens with one attached hydrogen (secondary N) is 1. The number of nitrogen functional groups attached to an aromatic ring is 1. The molecule has 32 heavy (non-hydrogen) atoms. The number of nitrogens with two attached hydrogens (primary N) is 2. The smallest absolute Gasteiger partial charge is 0.128 e. The van der Waals surface area contributed by atoms with E-state index in [1.54, 1.807) is 0 Å². The van der Waals surface area contributed by atoms with Crippen LogP contribution in [0.3, 0.4) is 0 Å². The van der Waals surface area contributed by atoms with Crippen LogP contribution in [0.2, 0.25) is 0 Å². The molecule has 1 aliphatic rings. The number of amidine groups is 1. The summed E-state index contributed by atoms with van der Waals surface area (Å²) in [6.45, 7) is 2.05. The molecule has 0 saturated carbocycles. The second kappa shape index (κ2) is 9.35. The predicted octanol–water partition coefficient (Wildman–Crippen LogP) is 5.56. The van der Waals surface area contributed by atoms with Crippen molar-refractivity contribution in [2.24, 2.45) is 5.73 Å². The molecule has 160 valence electrons. The van der Waals surface area contributed by atoms with E-state index in [2.05, 4.69) is 23.2 Å². The summed E-state index contributed by atoms with van der Waals surface area (Å²) >= 11 is 0. The van der Waals surface area contributed by atoms with Gasteiger partial charge in [-0.15, -0.1) is 0 Å². The van der Waals surface area contributed by atoms with Crippen LogP contribution in [-0.4, -0.2) is 10.8 Å². The summed E-state index contributed by atoms with van der Waals surface area (Å²) in [6, 6.07) is 18.0. The van der Waals surface area contributed by atoms with Crippen molar-refractivity contribution in [1.82, 2.24) is 4.98 Å². The zero-order valence-electron chi connectivity index (χ0n) is 18.0. The van der Waals surface area contributed by atoms with E-state index in [-0.39, 0.29) is 12.3 Å². The largest absolute Gasteiger partial charge is 0.457 e. The van der Waals surface area contributed by atoms with E-state index >= 15 is 0 Å². The van der Waals surface area contributed by atoms with Crippen molar-refractivity contribution in [2.45, 2.75) is 19.8 Å². The van der Waals surface area contributed by atoms with Crippen LogP contribution >= 0.6 is 0 Å². The Morgan fingerprint density at radius 2 is 1.88 bits per heavy atom. The summed E-state index contributed by atoms with van der Waals surface area (Å²) in [4.78, 5) is 4.61. The van der Waals surface area contributed by atoms with Gasteiger partial charge in [0.25, 0.3) is 0 Å². The molecule has 0 bridgehead atoms. The summed E-state index contributed by atoms with van der Waals surface area (Å²) in [7, 11) is 0. The summed E-state index contributed by atoms with van der Waals surface area (Å²) in [5.74, 6) is 1.96. The Bertz CT molecular complexity index is 1240. The van der Waals surface area contributed by atoms with Gasteiger partial charge in [0.1, 0.15) is 17.3 Å². The number of rotatable bonds is 6. The Balaban J connectivity index is 1.72. The van der Waals surface area contributed by atoms with Crippen LogP contribution in [-0.2, 0) is 6.42 Å². The van der Waals surface area contributed by atoms with Gasteiger partial charge in [-0.1, -0.05) is 54.1 Å². The first kappa shape index (κ1) is 21.1. The summed E-state index contributed by atoms with van der Waals surface area (Å²) in [6.07, 6.45) is 11.2. The van der Waals surface area contributed by atoms with Crippen LogP contribution < -0.4 is 16.2 Å². The van der Waals surface area contributed by atoms with Crippen molar-refractivity contribution in [3.8, 4) is 28.1 Å². The van der Waals surface area contributed by atoms with Gasteiger partial charge in [0.2, 0.25) is 0 Å². The van der Waals surface area contributed by atoms with E-state index in [1.807, 2.05) is 73.7 Å². The van der Waals surface area contributed by atoms with Gasteiger partial charge in [0.05, 0.1) is 11.5 Å². The van der Waals surface area contributed by atoms with Crippen molar-refractivity contribution >= 4 is 11.7 Å². The topological polar surface area (TPSA) is 98.0 Å². The van der Waals surface area contributed by atoms with Gasteiger partial charge in [-0.3, -0.25) is 5.41 Å². The van der Waals surface area contributed by atoms with E-state index in [0.717, 1.165) is 51.4 Å². The Hall–Kier alpha value is -4.12. The summed E-state index contributed by atoms with van der Waals surface area (Å²) < 4.78 is 5.98. The van der Waals surface area contributed by atoms with E-state index in [9.17, 15) is 0 Å². The molecule has 0 unspecified atom stereocenters. The average Bonchev–Trinajstić information content (AvgIpc) is 3.04. The average molecular weight is 423 g/mol. The van der Waals surface area contributed by atoms with E-state index in [0.29, 0.717) is 5.82 Å². The molecule has 0 fully saturated rings. The van der Waals surface area contributed by atoms with Crippen LogP contribution in [0.15, 0.2) is 90.7 Å². The molecule has 1 heterocycles. The highest BCUT2D eigenvalue weighted by molar-refractivity contribution is 5.86. The molecule has 0 saturated heterocycles. The van der Waals surface area contributed by atoms with Gasteiger partial charge in [-0.05, 0) is 60.9 Å². The molecule has 5 N–H and O–H groups in total. The number of nitrogens with zero attached hydrogens (tertiary/aromatic N) is 1. The number of hydrogen-bond donors (Lipinski definition) is 3. The molecule has 4 rings (SSSR count). The second-order valence-corrected chi connectivity index (χ2v) is 7.75. The van der Waals surface area contributed by atoms with E-state index in [4.69, 9.17) is 21.6 Å². The quantitative estimate of drug-likeness (QED) is 0.358. The molecule has 1 aromatic heterocycles. The number of benzene rings is 2. The van der Waals surface area contributed by atoms with Crippen LogP contribution in [0.5, 0.6) is 5.75 Å². The lowest BCUT2D eigenvalue weighted by molar-refractivity contribution is 0.444. The Morgan fingerprint density at radius 1 is 1.06 bits per heavy atom. The van der Waals surface area contributed by atoms with Crippen molar-refractivity contribution in [3.63, 3.8) is 0 Å². The lowest BCUT2D eigenvalue weighted by Crippen LogP contribution is -2.15. The van der Waals surface area contributed by atoms with Crippen molar-refractivity contribution < 1.29 is 4.74 Å². The molecule has 5 nitrogen and oxygen atoms in total. The molecule has 5 heteroatoms. The first-order chi connectivity index (χ1) is 15.5. The molecule has 0 spiro atoms. The van der Waals surface area contributed by atoms with Gasteiger partial charge in [0.15, 0.2) is 0 Å². The van der Waals surface area contributed by atoms with Crippen molar-refractivity contribution in [1.29, 1.82) is 5.41 Å². The first-order valence-corrected chi connectivity index (χ1v) is 10.5. The molecular weight excluding hydrogens is 396 g/mol. The molecule has 0 amide bonds. The van der Waals surface area contributed by atoms with Crippen molar-refractivity contribution in [2.75, 3.05) is 5.73 Å². The minimum absolute atomic E-state index is 0.0446. The van der Waals surface area contributed by atoms with Gasteiger partial charge in [-0.2, -0.15) is 0 Å². The lowest BCUT2D eigenvalue weighted by atomic mass is 9.95. The molecule has 0 aliphatic heterocycles. The highest BCUT2D eigenvalue weighted by Crippen LogP contribution is 2.33. The minimum atomic E-state index is 0.0446. The van der Waals surface area contributed by atoms with Gasteiger partial charge >= 0.3 is 0 Å². The maximum atomic E-state index is 7.78. The molecule has 3 aromatic rings. The van der Waals surface area contributed by atoms with Crippen LogP contribution in [0.4, 0.5) is 5.82 Å². The number of allylic oxidation sites excluding steroid dienone is 5. The number of aromatic nitrogens is 1. The van der Waals surface area contributed by atoms with E-state index < -0.39 is 0 Å². The summed E-state index contributed by atoms with van der Waals surface area (Å²) in [5.41, 5.74) is 17.6. The van der Waals surface area contributed by atoms with Gasteiger partial charge < -0.3 is 16.2 Å². The Morgan fingerprint density at radius 3 is 2.62 bits per heavy atom. The van der Waals surface area contributed by atoms with Crippen molar-refractivity contribution in [3.05, 3.63) is 102 Å². The zero-order valence-corrected chi connectivity index (χ0v) is 18.0. The number of hydrogen-bond acceptors (Lipinski definition) is 4. The molecule has 2 aromatic carbocycles. The Labute approximate surface area is 188 Å². The SMILES string of the molecule is Cc1cccc(-c2cc(-c3ccc(OC4=CC=CCC=C4)cc3)c(CC(=N)N)c(N)n2)c1. The lowest BCUT2D eigenvalue weighted by Gasteiger charge is -2.15. The molecule has 0 radical (unpaired) electrons.